The molecule has 0 fully saturated rings. The lowest BCUT2D eigenvalue weighted by atomic mass is 9.85. The van der Waals surface area contributed by atoms with E-state index in [2.05, 4.69) is 9.97 Å². The Hall–Kier alpha value is -2.01. The number of anilines is 1. The normalized spacial score (nSPS) is 14.1. The molecule has 0 aliphatic carbocycles. The highest BCUT2D eigenvalue weighted by Gasteiger charge is 2.34. The molecule has 4 nitrogen and oxygen atoms in total. The Morgan fingerprint density at radius 3 is 2.58 bits per heavy atom. The zero-order valence-electron chi connectivity index (χ0n) is 10.9. The molecule has 0 radical (unpaired) electrons. The first-order chi connectivity index (χ1) is 8.99. The molecule has 1 atom stereocenters. The number of nitrogen functional groups attached to an aromatic ring is 1. The molecule has 0 bridgehead atoms. The van der Waals surface area contributed by atoms with Gasteiger partial charge < -0.3 is 10.8 Å². The van der Waals surface area contributed by atoms with Gasteiger partial charge in [0.05, 0.1) is 11.9 Å². The van der Waals surface area contributed by atoms with Gasteiger partial charge in [0.25, 0.3) is 0 Å². The largest absolute Gasteiger partial charge is 0.383 e. The van der Waals surface area contributed by atoms with E-state index in [1.807, 2.05) is 13.8 Å². The van der Waals surface area contributed by atoms with Crippen molar-refractivity contribution in [2.45, 2.75) is 25.9 Å². The summed E-state index contributed by atoms with van der Waals surface area (Å²) in [5.74, 6) is -0.187. The van der Waals surface area contributed by atoms with Crippen LogP contribution >= 0.6 is 0 Å². The van der Waals surface area contributed by atoms with E-state index in [9.17, 15) is 9.50 Å². The van der Waals surface area contributed by atoms with Crippen molar-refractivity contribution < 1.29 is 9.50 Å². The van der Waals surface area contributed by atoms with Crippen LogP contribution in [0.25, 0.3) is 0 Å². The number of aryl methyl sites for hydroxylation is 1. The van der Waals surface area contributed by atoms with Crippen LogP contribution in [0.2, 0.25) is 0 Å². The minimum atomic E-state index is -1.36. The van der Waals surface area contributed by atoms with E-state index >= 15 is 0 Å². The smallest absolute Gasteiger partial charge is 0.141 e. The molecule has 0 amide bonds. The van der Waals surface area contributed by atoms with Gasteiger partial charge in [-0.25, -0.2) is 9.37 Å². The van der Waals surface area contributed by atoms with Gasteiger partial charge in [-0.15, -0.1) is 0 Å². The fourth-order valence-corrected chi connectivity index (χ4v) is 2.22. The lowest BCUT2D eigenvalue weighted by molar-refractivity contribution is 0.0716. The Bertz CT molecular complexity index is 565. The fourth-order valence-electron chi connectivity index (χ4n) is 2.22. The summed E-state index contributed by atoms with van der Waals surface area (Å²) in [6, 6.07) is 4.51. The number of rotatable bonds is 3. The summed E-state index contributed by atoms with van der Waals surface area (Å²) in [5.41, 5.74) is 6.22. The third-order valence-electron chi connectivity index (χ3n) is 3.27. The molecule has 0 aliphatic heterocycles. The lowest BCUT2D eigenvalue weighted by Gasteiger charge is -2.29. The van der Waals surface area contributed by atoms with Gasteiger partial charge in [0.15, 0.2) is 0 Å². The van der Waals surface area contributed by atoms with Gasteiger partial charge in [-0.1, -0.05) is 6.92 Å². The van der Waals surface area contributed by atoms with Crippen LogP contribution in [0.1, 0.15) is 30.2 Å². The number of hydrogen-bond donors (Lipinski definition) is 2. The number of halogens is 1. The molecule has 0 saturated carbocycles. The highest BCUT2D eigenvalue weighted by atomic mass is 19.1. The van der Waals surface area contributed by atoms with Crippen LogP contribution in [0.3, 0.4) is 0 Å². The van der Waals surface area contributed by atoms with Crippen molar-refractivity contribution in [2.75, 3.05) is 5.73 Å². The van der Waals surface area contributed by atoms with Crippen LogP contribution in [0, 0.1) is 12.7 Å². The van der Waals surface area contributed by atoms with Gasteiger partial charge >= 0.3 is 0 Å². The average Bonchev–Trinajstić information content (AvgIpc) is 2.39. The van der Waals surface area contributed by atoms with Crippen molar-refractivity contribution in [3.05, 3.63) is 53.2 Å². The summed E-state index contributed by atoms with van der Waals surface area (Å²) in [4.78, 5) is 7.98. The molecule has 3 N–H and O–H groups in total. The first-order valence-electron chi connectivity index (χ1n) is 6.05. The van der Waals surface area contributed by atoms with Gasteiger partial charge in [-0.05, 0) is 37.1 Å². The monoisotopic (exact) mass is 261 g/mol. The Morgan fingerprint density at radius 2 is 2.05 bits per heavy atom. The quantitative estimate of drug-likeness (QED) is 0.888. The van der Waals surface area contributed by atoms with Crippen LogP contribution in [-0.4, -0.2) is 15.1 Å². The van der Waals surface area contributed by atoms with Crippen LogP contribution < -0.4 is 5.73 Å². The van der Waals surface area contributed by atoms with Crippen molar-refractivity contribution in [1.29, 1.82) is 0 Å². The first-order valence-corrected chi connectivity index (χ1v) is 6.05. The number of nitrogens with two attached hydrogens (primary N) is 1. The van der Waals surface area contributed by atoms with Gasteiger partial charge in [-0.3, -0.25) is 4.98 Å². The van der Waals surface area contributed by atoms with E-state index < -0.39 is 11.4 Å². The fraction of sp³-hybridized carbons (Fsp3) is 0.286. The third kappa shape index (κ3) is 2.29. The molecule has 19 heavy (non-hydrogen) atoms. The second-order valence-electron chi connectivity index (χ2n) is 4.46. The summed E-state index contributed by atoms with van der Waals surface area (Å²) in [5, 5.41) is 10.9. The van der Waals surface area contributed by atoms with Crippen LogP contribution in [0.15, 0.2) is 30.6 Å². The molecular weight excluding hydrogens is 245 g/mol. The second kappa shape index (κ2) is 4.93. The summed E-state index contributed by atoms with van der Waals surface area (Å²) in [6.07, 6.45) is 3.03. The maximum Gasteiger partial charge on any atom is 0.141 e. The molecule has 2 aromatic heterocycles. The van der Waals surface area contributed by atoms with E-state index in [1.54, 1.807) is 12.3 Å². The van der Waals surface area contributed by atoms with Gasteiger partial charge in [0, 0.05) is 11.8 Å². The van der Waals surface area contributed by atoms with Gasteiger partial charge in [-0.2, -0.15) is 0 Å². The molecule has 0 spiro atoms. The first kappa shape index (κ1) is 13.4. The van der Waals surface area contributed by atoms with Crippen LogP contribution in [0.5, 0.6) is 0 Å². The van der Waals surface area contributed by atoms with Crippen molar-refractivity contribution in [3.8, 4) is 0 Å². The Kier molecular flexibility index (Phi) is 3.48. The van der Waals surface area contributed by atoms with E-state index in [1.165, 1.54) is 12.1 Å². The molecule has 2 rings (SSSR count). The number of pyridine rings is 2. The Morgan fingerprint density at radius 1 is 1.32 bits per heavy atom. The molecule has 2 aromatic rings. The molecular formula is C14H16FN3O. The van der Waals surface area contributed by atoms with E-state index in [-0.39, 0.29) is 5.82 Å². The van der Waals surface area contributed by atoms with E-state index in [0.717, 1.165) is 11.8 Å². The van der Waals surface area contributed by atoms with Gasteiger partial charge in [0.1, 0.15) is 17.2 Å². The molecule has 0 saturated heterocycles. The molecule has 0 aromatic carbocycles. The molecule has 0 aliphatic rings. The van der Waals surface area contributed by atoms with E-state index in [4.69, 9.17) is 5.73 Å². The third-order valence-corrected chi connectivity index (χ3v) is 3.27. The summed E-state index contributed by atoms with van der Waals surface area (Å²) in [7, 11) is 0. The van der Waals surface area contributed by atoms with Crippen molar-refractivity contribution in [2.24, 2.45) is 0 Å². The SMILES string of the molecule is CCC(O)(c1ccc(F)cn1)c1c(C)ccnc1N. The van der Waals surface area contributed by atoms with Crippen LogP contribution in [-0.2, 0) is 5.60 Å². The molecule has 5 heteroatoms. The number of aliphatic hydroxyl groups is 1. The topological polar surface area (TPSA) is 72.0 Å². The molecule has 1 unspecified atom stereocenters. The number of hydrogen-bond acceptors (Lipinski definition) is 4. The van der Waals surface area contributed by atoms with Crippen LogP contribution in [0.4, 0.5) is 10.2 Å². The average molecular weight is 261 g/mol. The molecule has 2 heterocycles. The zero-order chi connectivity index (χ0) is 14.0. The van der Waals surface area contributed by atoms with Crippen molar-refractivity contribution in [1.82, 2.24) is 9.97 Å². The highest BCUT2D eigenvalue weighted by Crippen LogP contribution is 2.36. The predicted octanol–water partition coefficient (Wildman–Crippen LogP) is 2.15. The Balaban J connectivity index is 2.63. The van der Waals surface area contributed by atoms with Crippen molar-refractivity contribution >= 4 is 5.82 Å². The Labute approximate surface area is 111 Å². The maximum absolute atomic E-state index is 13.0. The maximum atomic E-state index is 13.0. The molecule has 100 valence electrons. The van der Waals surface area contributed by atoms with Gasteiger partial charge in [0.2, 0.25) is 0 Å². The zero-order valence-corrected chi connectivity index (χ0v) is 10.9. The second-order valence-corrected chi connectivity index (χ2v) is 4.46. The minimum absolute atomic E-state index is 0.260. The minimum Gasteiger partial charge on any atom is -0.383 e. The summed E-state index contributed by atoms with van der Waals surface area (Å²) < 4.78 is 13.0. The summed E-state index contributed by atoms with van der Waals surface area (Å²) in [6.45, 7) is 3.66. The van der Waals surface area contributed by atoms with Crippen molar-refractivity contribution in [3.63, 3.8) is 0 Å². The standard InChI is InChI=1S/C14H16FN3O/c1-3-14(19,11-5-4-10(15)8-18-11)12-9(2)6-7-17-13(12)16/h4-8,19H,3H2,1-2H3,(H2,16,17). The predicted molar refractivity (Wildman–Crippen MR) is 70.9 cm³/mol. The number of aromatic nitrogens is 2. The lowest BCUT2D eigenvalue weighted by Crippen LogP contribution is -2.30. The highest BCUT2D eigenvalue weighted by molar-refractivity contribution is 5.51. The number of nitrogens with zero attached hydrogens (tertiary/aromatic N) is 2. The van der Waals surface area contributed by atoms with E-state index in [0.29, 0.717) is 17.7 Å². The summed E-state index contributed by atoms with van der Waals surface area (Å²) >= 11 is 0.